The van der Waals surface area contributed by atoms with E-state index >= 15 is 0 Å². The van der Waals surface area contributed by atoms with E-state index in [0.29, 0.717) is 11.8 Å². The van der Waals surface area contributed by atoms with Crippen molar-refractivity contribution in [2.75, 3.05) is 0 Å². The topological polar surface area (TPSA) is 13.1 Å². The fourth-order valence-corrected chi connectivity index (χ4v) is 3.25. The highest BCUT2D eigenvalue weighted by Crippen LogP contribution is 2.45. The molecule has 1 heteroatoms. The molecule has 1 fully saturated rings. The largest absolute Gasteiger partial charge is 0.464 e. The third-order valence-electron chi connectivity index (χ3n) is 4.29. The first-order valence-electron chi connectivity index (χ1n) is 6.09. The van der Waals surface area contributed by atoms with Crippen LogP contribution in [0.3, 0.4) is 0 Å². The number of fused-ring (bicyclic) bond motifs is 2. The van der Waals surface area contributed by atoms with Gasteiger partial charge in [0.25, 0.3) is 0 Å². The number of rotatable bonds is 0. The van der Waals surface area contributed by atoms with Crippen LogP contribution in [-0.2, 0) is 6.42 Å². The molecule has 1 heterocycles. The molecule has 0 spiro atoms. The Labute approximate surface area is 96.8 Å². The molecule has 1 nitrogen and oxygen atoms in total. The number of furan rings is 1. The highest BCUT2D eigenvalue weighted by molar-refractivity contribution is 5.56. The number of hydrogen-bond acceptors (Lipinski definition) is 1. The first-order chi connectivity index (χ1) is 7.66. The predicted molar refractivity (Wildman–Crippen MR) is 66.2 cm³/mol. The minimum Gasteiger partial charge on any atom is -0.464 e. The SMILES string of the molecule is C=C1CC[C@H]2C(C)=Cc3occ(C)c3C[C@@H]12. The van der Waals surface area contributed by atoms with Gasteiger partial charge in [-0.25, -0.2) is 0 Å². The molecule has 0 aromatic carbocycles. The van der Waals surface area contributed by atoms with Crippen molar-refractivity contribution in [1.82, 2.24) is 0 Å². The molecule has 84 valence electrons. The molecule has 1 aromatic heterocycles. The van der Waals surface area contributed by atoms with Gasteiger partial charge in [-0.1, -0.05) is 17.7 Å². The molecule has 3 rings (SSSR count). The molecule has 2 aliphatic carbocycles. The van der Waals surface area contributed by atoms with Crippen LogP contribution in [-0.4, -0.2) is 0 Å². The van der Waals surface area contributed by atoms with Crippen LogP contribution >= 0.6 is 0 Å². The van der Waals surface area contributed by atoms with Gasteiger partial charge in [0.1, 0.15) is 5.76 Å². The number of aryl methyl sites for hydroxylation is 1. The van der Waals surface area contributed by atoms with Crippen molar-refractivity contribution in [3.8, 4) is 0 Å². The summed E-state index contributed by atoms with van der Waals surface area (Å²) in [6, 6.07) is 0. The fraction of sp³-hybridized carbons (Fsp3) is 0.467. The Morgan fingerprint density at radius 2 is 2.12 bits per heavy atom. The predicted octanol–water partition coefficient (Wildman–Crippen LogP) is 4.13. The lowest BCUT2D eigenvalue weighted by Crippen LogP contribution is -2.11. The zero-order chi connectivity index (χ0) is 11.3. The van der Waals surface area contributed by atoms with E-state index in [9.17, 15) is 0 Å². The Morgan fingerprint density at radius 1 is 1.31 bits per heavy atom. The van der Waals surface area contributed by atoms with Crippen molar-refractivity contribution < 1.29 is 4.42 Å². The van der Waals surface area contributed by atoms with E-state index in [1.165, 1.54) is 35.1 Å². The van der Waals surface area contributed by atoms with Crippen molar-refractivity contribution in [2.45, 2.75) is 33.1 Å². The van der Waals surface area contributed by atoms with Gasteiger partial charge in [0.15, 0.2) is 0 Å². The van der Waals surface area contributed by atoms with E-state index in [1.807, 2.05) is 6.26 Å². The Kier molecular flexibility index (Phi) is 2.10. The summed E-state index contributed by atoms with van der Waals surface area (Å²) < 4.78 is 5.63. The lowest BCUT2D eigenvalue weighted by molar-refractivity contribution is 0.485. The molecule has 2 aliphatic rings. The fourth-order valence-electron chi connectivity index (χ4n) is 3.25. The van der Waals surface area contributed by atoms with Crippen molar-refractivity contribution in [3.05, 3.63) is 40.9 Å². The third-order valence-corrected chi connectivity index (χ3v) is 4.29. The van der Waals surface area contributed by atoms with Crippen molar-refractivity contribution >= 4 is 6.08 Å². The van der Waals surface area contributed by atoms with Gasteiger partial charge >= 0.3 is 0 Å². The molecule has 2 atom stereocenters. The quantitative estimate of drug-likeness (QED) is 0.592. The van der Waals surface area contributed by atoms with Crippen LogP contribution in [0.25, 0.3) is 6.08 Å². The summed E-state index contributed by atoms with van der Waals surface area (Å²) >= 11 is 0. The van der Waals surface area contributed by atoms with Crippen molar-refractivity contribution in [1.29, 1.82) is 0 Å². The monoisotopic (exact) mass is 214 g/mol. The first-order valence-corrected chi connectivity index (χ1v) is 6.09. The normalized spacial score (nSPS) is 28.4. The molecule has 0 aliphatic heterocycles. The highest BCUT2D eigenvalue weighted by Gasteiger charge is 2.34. The standard InChI is InChI=1S/C15H18O/c1-9-4-5-12-10(2)6-15-14(7-13(9)12)11(3)8-16-15/h6,8,12-13H,1,4-5,7H2,2-3H3/t12-,13-/m0/s1. The van der Waals surface area contributed by atoms with Gasteiger partial charge in [0.2, 0.25) is 0 Å². The zero-order valence-electron chi connectivity index (χ0n) is 10.0. The van der Waals surface area contributed by atoms with E-state index in [2.05, 4.69) is 26.5 Å². The van der Waals surface area contributed by atoms with Gasteiger partial charge in [-0.3, -0.25) is 0 Å². The van der Waals surface area contributed by atoms with Gasteiger partial charge in [0.05, 0.1) is 6.26 Å². The van der Waals surface area contributed by atoms with Crippen LogP contribution in [0.5, 0.6) is 0 Å². The second kappa shape index (κ2) is 3.38. The summed E-state index contributed by atoms with van der Waals surface area (Å²) in [5.41, 5.74) is 5.59. The molecule has 1 saturated carbocycles. The summed E-state index contributed by atoms with van der Waals surface area (Å²) in [5, 5.41) is 0. The summed E-state index contributed by atoms with van der Waals surface area (Å²) in [4.78, 5) is 0. The van der Waals surface area contributed by atoms with Gasteiger partial charge in [-0.15, -0.1) is 0 Å². The summed E-state index contributed by atoms with van der Waals surface area (Å²) in [6.45, 7) is 8.63. The molecule has 0 N–H and O–H groups in total. The molecular formula is C15H18O. The van der Waals surface area contributed by atoms with Gasteiger partial charge in [0, 0.05) is 5.56 Å². The molecular weight excluding hydrogens is 196 g/mol. The van der Waals surface area contributed by atoms with Gasteiger partial charge in [-0.2, -0.15) is 0 Å². The molecule has 1 aromatic rings. The van der Waals surface area contributed by atoms with Crippen LogP contribution in [0.1, 0.15) is 36.7 Å². The molecule has 16 heavy (non-hydrogen) atoms. The lowest BCUT2D eigenvalue weighted by atomic mass is 9.85. The van der Waals surface area contributed by atoms with E-state index < -0.39 is 0 Å². The van der Waals surface area contributed by atoms with E-state index in [-0.39, 0.29) is 0 Å². The molecule has 0 unspecified atom stereocenters. The lowest BCUT2D eigenvalue weighted by Gasteiger charge is -2.18. The number of hydrogen-bond donors (Lipinski definition) is 0. The number of allylic oxidation sites excluding steroid dienone is 2. The Morgan fingerprint density at radius 3 is 2.94 bits per heavy atom. The van der Waals surface area contributed by atoms with Crippen molar-refractivity contribution in [3.63, 3.8) is 0 Å². The maximum Gasteiger partial charge on any atom is 0.130 e. The zero-order valence-corrected chi connectivity index (χ0v) is 10.0. The van der Waals surface area contributed by atoms with Crippen LogP contribution in [0.15, 0.2) is 28.4 Å². The second-order valence-electron chi connectivity index (χ2n) is 5.26. The maximum atomic E-state index is 5.63. The smallest absolute Gasteiger partial charge is 0.130 e. The average molecular weight is 214 g/mol. The van der Waals surface area contributed by atoms with Crippen LogP contribution in [0.4, 0.5) is 0 Å². The molecule has 0 bridgehead atoms. The molecule has 0 amide bonds. The van der Waals surface area contributed by atoms with Gasteiger partial charge < -0.3 is 4.42 Å². The van der Waals surface area contributed by atoms with E-state index in [4.69, 9.17) is 4.42 Å². The molecule has 0 saturated heterocycles. The van der Waals surface area contributed by atoms with Crippen LogP contribution in [0.2, 0.25) is 0 Å². The minimum absolute atomic E-state index is 0.647. The second-order valence-corrected chi connectivity index (χ2v) is 5.26. The Hall–Kier alpha value is -1.24. The average Bonchev–Trinajstić information content (AvgIpc) is 2.72. The van der Waals surface area contributed by atoms with Crippen LogP contribution in [0, 0.1) is 18.8 Å². The van der Waals surface area contributed by atoms with Crippen LogP contribution < -0.4 is 0 Å². The first kappa shape index (κ1) is 9.95. The van der Waals surface area contributed by atoms with E-state index in [0.717, 1.165) is 12.2 Å². The molecule has 0 radical (unpaired) electrons. The third kappa shape index (κ3) is 1.31. The minimum atomic E-state index is 0.647. The van der Waals surface area contributed by atoms with Gasteiger partial charge in [-0.05, 0) is 56.6 Å². The summed E-state index contributed by atoms with van der Waals surface area (Å²) in [7, 11) is 0. The Balaban J connectivity index is 2.11. The summed E-state index contributed by atoms with van der Waals surface area (Å²) in [5.74, 6) is 2.43. The summed E-state index contributed by atoms with van der Waals surface area (Å²) in [6.07, 6.45) is 7.72. The highest BCUT2D eigenvalue weighted by atomic mass is 16.3. The maximum absolute atomic E-state index is 5.63. The Bertz CT molecular complexity index is 476. The van der Waals surface area contributed by atoms with Crippen molar-refractivity contribution in [2.24, 2.45) is 11.8 Å². The van der Waals surface area contributed by atoms with E-state index in [1.54, 1.807) is 0 Å².